The minimum Gasteiger partial charge on any atom is -0.388 e. The molecule has 0 aliphatic carbocycles. The molecule has 1 aromatic heterocycles. The van der Waals surface area contributed by atoms with E-state index in [9.17, 15) is 5.11 Å². The van der Waals surface area contributed by atoms with Gasteiger partial charge in [0.1, 0.15) is 0 Å². The van der Waals surface area contributed by atoms with Crippen LogP contribution >= 0.6 is 11.3 Å². The van der Waals surface area contributed by atoms with Gasteiger partial charge in [-0.25, -0.2) is 0 Å². The van der Waals surface area contributed by atoms with E-state index in [4.69, 9.17) is 4.74 Å². The molecule has 3 nitrogen and oxygen atoms in total. The number of hydrogen-bond acceptors (Lipinski definition) is 4. The molecule has 2 aromatic rings. The van der Waals surface area contributed by atoms with Crippen LogP contribution < -0.4 is 0 Å². The van der Waals surface area contributed by atoms with Crippen molar-refractivity contribution >= 4 is 21.4 Å². The summed E-state index contributed by atoms with van der Waals surface area (Å²) in [5.74, 6) is 0. The molecule has 1 N–H and O–H groups in total. The molecular formula is C16H21NO2S. The molecule has 1 aliphatic rings. The highest BCUT2D eigenvalue weighted by atomic mass is 32.1. The van der Waals surface area contributed by atoms with Gasteiger partial charge < -0.3 is 9.84 Å². The fourth-order valence-corrected chi connectivity index (χ4v) is 3.87. The molecule has 1 aliphatic heterocycles. The minimum atomic E-state index is -0.584. The lowest BCUT2D eigenvalue weighted by molar-refractivity contribution is -0.0776. The number of nitrogens with zero attached hydrogens (tertiary/aromatic N) is 1. The Balaban J connectivity index is 1.68. The van der Waals surface area contributed by atoms with Crippen LogP contribution in [0.25, 0.3) is 10.1 Å². The molecule has 0 saturated carbocycles. The summed E-state index contributed by atoms with van der Waals surface area (Å²) in [5, 5.41) is 14.1. The Morgan fingerprint density at radius 1 is 1.30 bits per heavy atom. The molecule has 1 fully saturated rings. The van der Waals surface area contributed by atoms with Crippen LogP contribution in [0.4, 0.5) is 0 Å². The average Bonchev–Trinajstić information content (AvgIpc) is 2.82. The molecule has 4 heteroatoms. The summed E-state index contributed by atoms with van der Waals surface area (Å²) in [4.78, 5) is 2.22. The third kappa shape index (κ3) is 3.04. The normalized spacial score (nSPS) is 18.8. The zero-order valence-corrected chi connectivity index (χ0v) is 12.7. The van der Waals surface area contributed by atoms with Crippen LogP contribution in [0.2, 0.25) is 0 Å². The van der Waals surface area contributed by atoms with Crippen LogP contribution in [-0.2, 0) is 11.3 Å². The second kappa shape index (κ2) is 5.82. The third-order valence-electron chi connectivity index (χ3n) is 3.99. The zero-order valence-electron chi connectivity index (χ0n) is 11.8. The van der Waals surface area contributed by atoms with E-state index in [0.717, 1.165) is 19.4 Å². The summed E-state index contributed by atoms with van der Waals surface area (Å²) in [6.45, 7) is 2.94. The van der Waals surface area contributed by atoms with E-state index in [0.29, 0.717) is 19.8 Å². The Labute approximate surface area is 123 Å². The van der Waals surface area contributed by atoms with Gasteiger partial charge in [-0.1, -0.05) is 18.2 Å². The van der Waals surface area contributed by atoms with Gasteiger partial charge in [0.2, 0.25) is 0 Å². The van der Waals surface area contributed by atoms with Crippen molar-refractivity contribution in [2.24, 2.45) is 0 Å². The first-order valence-corrected chi connectivity index (χ1v) is 7.98. The molecule has 3 rings (SSSR count). The maximum atomic E-state index is 10.6. The molecule has 0 bridgehead atoms. The number of hydrogen-bond donors (Lipinski definition) is 1. The van der Waals surface area contributed by atoms with Gasteiger partial charge in [0.05, 0.1) is 5.60 Å². The van der Waals surface area contributed by atoms with Crippen molar-refractivity contribution in [3.63, 3.8) is 0 Å². The van der Waals surface area contributed by atoms with Gasteiger partial charge in [-0.05, 0) is 29.4 Å². The first-order valence-electron chi connectivity index (χ1n) is 7.10. The lowest BCUT2D eigenvalue weighted by Crippen LogP contribution is -2.45. The fraction of sp³-hybridized carbons (Fsp3) is 0.500. The minimum absolute atomic E-state index is 0.584. The SMILES string of the molecule is CN(Cc1csc2ccccc12)CC1(O)CCOCC1. The van der Waals surface area contributed by atoms with Crippen molar-refractivity contribution < 1.29 is 9.84 Å². The van der Waals surface area contributed by atoms with E-state index in [1.807, 2.05) is 0 Å². The van der Waals surface area contributed by atoms with Crippen LogP contribution in [-0.4, -0.2) is 42.4 Å². The van der Waals surface area contributed by atoms with Crippen LogP contribution in [0, 0.1) is 0 Å². The molecule has 1 saturated heterocycles. The van der Waals surface area contributed by atoms with Crippen molar-refractivity contribution in [2.75, 3.05) is 26.8 Å². The van der Waals surface area contributed by atoms with Gasteiger partial charge in [0.25, 0.3) is 0 Å². The van der Waals surface area contributed by atoms with Crippen molar-refractivity contribution in [1.82, 2.24) is 4.90 Å². The number of rotatable bonds is 4. The van der Waals surface area contributed by atoms with Crippen LogP contribution in [0.3, 0.4) is 0 Å². The quantitative estimate of drug-likeness (QED) is 0.940. The molecule has 0 atom stereocenters. The Morgan fingerprint density at radius 2 is 2.05 bits per heavy atom. The lowest BCUT2D eigenvalue weighted by Gasteiger charge is -2.35. The highest BCUT2D eigenvalue weighted by Gasteiger charge is 2.31. The number of ether oxygens (including phenoxy) is 1. The molecule has 0 spiro atoms. The Morgan fingerprint density at radius 3 is 2.85 bits per heavy atom. The summed E-state index contributed by atoms with van der Waals surface area (Å²) < 4.78 is 6.67. The number of likely N-dealkylation sites (N-methyl/N-ethyl adjacent to an activating group) is 1. The monoisotopic (exact) mass is 291 g/mol. The Bertz CT molecular complexity index is 575. The second-order valence-electron chi connectivity index (χ2n) is 5.77. The van der Waals surface area contributed by atoms with E-state index in [2.05, 4.69) is 41.6 Å². The smallest absolute Gasteiger partial charge is 0.0817 e. The summed E-state index contributed by atoms with van der Waals surface area (Å²) in [7, 11) is 2.08. The topological polar surface area (TPSA) is 32.7 Å². The van der Waals surface area contributed by atoms with Crippen molar-refractivity contribution in [2.45, 2.75) is 25.0 Å². The first-order chi connectivity index (χ1) is 9.66. The highest BCUT2D eigenvalue weighted by Crippen LogP contribution is 2.27. The van der Waals surface area contributed by atoms with E-state index < -0.39 is 5.60 Å². The van der Waals surface area contributed by atoms with E-state index in [1.165, 1.54) is 15.6 Å². The maximum Gasteiger partial charge on any atom is 0.0817 e. The van der Waals surface area contributed by atoms with Gasteiger partial charge in [-0.15, -0.1) is 11.3 Å². The molecule has 2 heterocycles. The Kier molecular flexibility index (Phi) is 4.08. The Hall–Kier alpha value is -0.940. The third-order valence-corrected chi connectivity index (χ3v) is 5.00. The number of fused-ring (bicyclic) bond motifs is 1. The predicted molar refractivity (Wildman–Crippen MR) is 83.2 cm³/mol. The largest absolute Gasteiger partial charge is 0.388 e. The molecule has 0 unspecified atom stereocenters. The number of benzene rings is 1. The summed E-state index contributed by atoms with van der Waals surface area (Å²) in [6.07, 6.45) is 1.48. The van der Waals surface area contributed by atoms with Crippen molar-refractivity contribution in [3.05, 3.63) is 35.2 Å². The van der Waals surface area contributed by atoms with E-state index in [1.54, 1.807) is 11.3 Å². The standard InChI is InChI=1S/C16H21NO2S/c1-17(12-16(18)6-8-19-9-7-16)10-13-11-20-15-5-3-2-4-14(13)15/h2-5,11,18H,6-10,12H2,1H3. The molecule has 20 heavy (non-hydrogen) atoms. The first kappa shape index (κ1) is 14.0. The number of thiophene rings is 1. The van der Waals surface area contributed by atoms with Gasteiger partial charge in [0, 0.05) is 43.8 Å². The summed E-state index contributed by atoms with van der Waals surface area (Å²) in [5.41, 5.74) is 0.766. The second-order valence-corrected chi connectivity index (χ2v) is 6.68. The molecule has 1 aromatic carbocycles. The lowest BCUT2D eigenvalue weighted by atomic mass is 9.94. The zero-order chi connectivity index (χ0) is 14.0. The van der Waals surface area contributed by atoms with Gasteiger partial charge >= 0.3 is 0 Å². The average molecular weight is 291 g/mol. The van der Waals surface area contributed by atoms with Gasteiger partial charge in [-0.2, -0.15) is 0 Å². The van der Waals surface area contributed by atoms with Crippen molar-refractivity contribution in [3.8, 4) is 0 Å². The van der Waals surface area contributed by atoms with E-state index >= 15 is 0 Å². The predicted octanol–water partition coefficient (Wildman–Crippen LogP) is 2.87. The number of aliphatic hydroxyl groups is 1. The summed E-state index contributed by atoms with van der Waals surface area (Å²) in [6, 6.07) is 8.51. The summed E-state index contributed by atoms with van der Waals surface area (Å²) >= 11 is 1.79. The van der Waals surface area contributed by atoms with E-state index in [-0.39, 0.29) is 0 Å². The van der Waals surface area contributed by atoms with Gasteiger partial charge in [0.15, 0.2) is 0 Å². The van der Waals surface area contributed by atoms with Crippen LogP contribution in [0.15, 0.2) is 29.6 Å². The molecule has 108 valence electrons. The van der Waals surface area contributed by atoms with Crippen LogP contribution in [0.5, 0.6) is 0 Å². The molecule has 0 amide bonds. The molecule has 0 radical (unpaired) electrons. The fourth-order valence-electron chi connectivity index (χ4n) is 2.91. The van der Waals surface area contributed by atoms with Crippen molar-refractivity contribution in [1.29, 1.82) is 0 Å². The highest BCUT2D eigenvalue weighted by molar-refractivity contribution is 7.17. The molecular weight excluding hydrogens is 270 g/mol. The maximum absolute atomic E-state index is 10.6. The van der Waals surface area contributed by atoms with Gasteiger partial charge in [-0.3, -0.25) is 4.90 Å². The van der Waals surface area contributed by atoms with Crippen LogP contribution in [0.1, 0.15) is 18.4 Å².